The Labute approximate surface area is 103 Å². The first-order chi connectivity index (χ1) is 8.15. The molecular weight excluding hydrogens is 212 g/mol. The molecule has 1 aromatic carbocycles. The van der Waals surface area contributed by atoms with E-state index in [-0.39, 0.29) is 0 Å². The third-order valence-electron chi connectivity index (χ3n) is 3.78. The van der Waals surface area contributed by atoms with Gasteiger partial charge in [-0.3, -0.25) is 0 Å². The van der Waals surface area contributed by atoms with E-state index < -0.39 is 11.7 Å². The van der Waals surface area contributed by atoms with Crippen LogP contribution in [0.1, 0.15) is 56.3 Å². The van der Waals surface area contributed by atoms with E-state index >= 15 is 0 Å². The molecule has 0 aliphatic heterocycles. The van der Waals surface area contributed by atoms with Crippen molar-refractivity contribution in [3.05, 3.63) is 35.4 Å². The number of aliphatic hydroxyl groups excluding tert-OH is 1. The van der Waals surface area contributed by atoms with Gasteiger partial charge in [0, 0.05) is 0 Å². The molecule has 0 heterocycles. The monoisotopic (exact) mass is 234 g/mol. The maximum absolute atomic E-state index is 10.4. The van der Waals surface area contributed by atoms with E-state index in [4.69, 9.17) is 0 Å². The first kappa shape index (κ1) is 12.6. The van der Waals surface area contributed by atoms with Crippen LogP contribution in [0.3, 0.4) is 0 Å². The molecule has 2 N–H and O–H groups in total. The zero-order chi connectivity index (χ0) is 12.3. The maximum atomic E-state index is 10.4. The molecule has 94 valence electrons. The summed E-state index contributed by atoms with van der Waals surface area (Å²) < 4.78 is 0. The van der Waals surface area contributed by atoms with E-state index in [0.29, 0.717) is 12.8 Å². The minimum absolute atomic E-state index is 0.714. The van der Waals surface area contributed by atoms with Crippen molar-refractivity contribution in [3.63, 3.8) is 0 Å². The second-order valence-electron chi connectivity index (χ2n) is 5.21. The van der Waals surface area contributed by atoms with Gasteiger partial charge in [-0.05, 0) is 30.4 Å². The van der Waals surface area contributed by atoms with Crippen LogP contribution in [0.2, 0.25) is 0 Å². The van der Waals surface area contributed by atoms with Gasteiger partial charge in [0.25, 0.3) is 0 Å². The van der Waals surface area contributed by atoms with Crippen LogP contribution in [0.4, 0.5) is 0 Å². The Morgan fingerprint density at radius 1 is 1.29 bits per heavy atom. The number of hydrogen-bond donors (Lipinski definition) is 2. The van der Waals surface area contributed by atoms with Gasteiger partial charge in [-0.25, -0.2) is 0 Å². The average molecular weight is 234 g/mol. The Morgan fingerprint density at radius 2 is 2.00 bits per heavy atom. The molecule has 0 radical (unpaired) electrons. The lowest BCUT2D eigenvalue weighted by Gasteiger charge is -2.29. The molecule has 2 nitrogen and oxygen atoms in total. The lowest BCUT2D eigenvalue weighted by molar-refractivity contribution is -0.0719. The molecule has 0 saturated heterocycles. The summed E-state index contributed by atoms with van der Waals surface area (Å²) in [5, 5.41) is 20.7. The van der Waals surface area contributed by atoms with Crippen LogP contribution in [0.15, 0.2) is 24.3 Å². The molecule has 1 aliphatic rings. The van der Waals surface area contributed by atoms with Crippen molar-refractivity contribution in [1.29, 1.82) is 0 Å². The summed E-state index contributed by atoms with van der Waals surface area (Å²) in [6.07, 6.45) is 4.85. The highest BCUT2D eigenvalue weighted by molar-refractivity contribution is 5.27. The highest BCUT2D eigenvalue weighted by Crippen LogP contribution is 2.39. The summed E-state index contributed by atoms with van der Waals surface area (Å²) in [6, 6.07) is 8.00. The molecule has 1 atom stereocenters. The van der Waals surface area contributed by atoms with E-state index in [1.54, 1.807) is 0 Å². The second-order valence-corrected chi connectivity index (χ2v) is 5.21. The van der Waals surface area contributed by atoms with Gasteiger partial charge in [0.05, 0.1) is 5.60 Å². The summed E-state index contributed by atoms with van der Waals surface area (Å²) >= 11 is 0. The number of rotatable bonds is 4. The lowest BCUT2D eigenvalue weighted by atomic mass is 9.88. The number of aryl methyl sites for hydroxylation is 1. The Morgan fingerprint density at radius 3 is 2.65 bits per heavy atom. The van der Waals surface area contributed by atoms with Gasteiger partial charge in [-0.2, -0.15) is 0 Å². The normalized spacial score (nSPS) is 20.4. The Hall–Kier alpha value is -0.860. The summed E-state index contributed by atoms with van der Waals surface area (Å²) in [7, 11) is 0. The van der Waals surface area contributed by atoms with Crippen molar-refractivity contribution >= 4 is 0 Å². The second kappa shape index (κ2) is 5.19. The van der Waals surface area contributed by atoms with Gasteiger partial charge in [0.15, 0.2) is 0 Å². The molecule has 2 heteroatoms. The molecule has 1 fully saturated rings. The third-order valence-corrected chi connectivity index (χ3v) is 3.78. The van der Waals surface area contributed by atoms with Gasteiger partial charge >= 0.3 is 0 Å². The zero-order valence-electron chi connectivity index (χ0n) is 10.5. The molecule has 1 saturated carbocycles. The van der Waals surface area contributed by atoms with E-state index in [1.807, 2.05) is 18.2 Å². The van der Waals surface area contributed by atoms with E-state index in [9.17, 15) is 10.2 Å². The standard InChI is InChI=1S/C15H22O2/c1-2-6-12-7-5-8-13(11-12)14(16)15(17)9-3-4-10-15/h5,7-8,11,14,16-17H,2-4,6,9-10H2,1H3. The Bertz CT molecular complexity index is 367. The average Bonchev–Trinajstić information content (AvgIpc) is 2.77. The fourth-order valence-corrected chi connectivity index (χ4v) is 2.78. The van der Waals surface area contributed by atoms with Crippen LogP contribution in [0.25, 0.3) is 0 Å². The van der Waals surface area contributed by atoms with Crippen LogP contribution < -0.4 is 0 Å². The SMILES string of the molecule is CCCc1cccc(C(O)C2(O)CCCC2)c1. The van der Waals surface area contributed by atoms with Crippen LogP contribution in [0.5, 0.6) is 0 Å². The fourth-order valence-electron chi connectivity index (χ4n) is 2.78. The van der Waals surface area contributed by atoms with Crippen molar-refractivity contribution < 1.29 is 10.2 Å². The van der Waals surface area contributed by atoms with Gasteiger partial charge in [-0.15, -0.1) is 0 Å². The summed E-state index contributed by atoms with van der Waals surface area (Å²) in [5.74, 6) is 0. The summed E-state index contributed by atoms with van der Waals surface area (Å²) in [5.41, 5.74) is 1.20. The largest absolute Gasteiger partial charge is 0.387 e. The zero-order valence-corrected chi connectivity index (χ0v) is 10.5. The van der Waals surface area contributed by atoms with Crippen molar-refractivity contribution in [3.8, 4) is 0 Å². The van der Waals surface area contributed by atoms with E-state index in [1.165, 1.54) is 5.56 Å². The molecule has 17 heavy (non-hydrogen) atoms. The molecule has 0 bridgehead atoms. The first-order valence-corrected chi connectivity index (χ1v) is 6.65. The summed E-state index contributed by atoms with van der Waals surface area (Å²) in [6.45, 7) is 2.15. The molecule has 2 rings (SSSR count). The maximum Gasteiger partial charge on any atom is 0.108 e. The molecule has 0 aromatic heterocycles. The highest BCUT2D eigenvalue weighted by Gasteiger charge is 2.39. The Kier molecular flexibility index (Phi) is 3.85. The van der Waals surface area contributed by atoms with Crippen molar-refractivity contribution in [2.75, 3.05) is 0 Å². The smallest absolute Gasteiger partial charge is 0.108 e. The van der Waals surface area contributed by atoms with Gasteiger partial charge in [0.1, 0.15) is 6.10 Å². The van der Waals surface area contributed by atoms with Crippen LogP contribution >= 0.6 is 0 Å². The van der Waals surface area contributed by atoms with Crippen LogP contribution in [0, 0.1) is 0 Å². The number of aliphatic hydroxyl groups is 2. The molecule has 0 spiro atoms. The molecule has 1 aliphatic carbocycles. The van der Waals surface area contributed by atoms with Crippen LogP contribution in [-0.4, -0.2) is 15.8 Å². The molecule has 1 unspecified atom stereocenters. The predicted molar refractivity (Wildman–Crippen MR) is 68.8 cm³/mol. The quantitative estimate of drug-likeness (QED) is 0.840. The molecule has 1 aromatic rings. The lowest BCUT2D eigenvalue weighted by Crippen LogP contribution is -2.32. The number of hydrogen-bond acceptors (Lipinski definition) is 2. The summed E-state index contributed by atoms with van der Waals surface area (Å²) in [4.78, 5) is 0. The van der Waals surface area contributed by atoms with Crippen molar-refractivity contribution in [2.45, 2.75) is 57.2 Å². The van der Waals surface area contributed by atoms with Crippen LogP contribution in [-0.2, 0) is 6.42 Å². The van der Waals surface area contributed by atoms with Gasteiger partial charge in [-0.1, -0.05) is 50.5 Å². The van der Waals surface area contributed by atoms with Gasteiger partial charge in [0.2, 0.25) is 0 Å². The van der Waals surface area contributed by atoms with Crippen molar-refractivity contribution in [1.82, 2.24) is 0 Å². The topological polar surface area (TPSA) is 40.5 Å². The molecular formula is C15H22O2. The van der Waals surface area contributed by atoms with Crippen molar-refractivity contribution in [2.24, 2.45) is 0 Å². The Balaban J connectivity index is 2.18. The highest BCUT2D eigenvalue weighted by atomic mass is 16.3. The molecule has 0 amide bonds. The number of benzene rings is 1. The first-order valence-electron chi connectivity index (χ1n) is 6.65. The van der Waals surface area contributed by atoms with Gasteiger partial charge < -0.3 is 10.2 Å². The minimum atomic E-state index is -0.898. The van der Waals surface area contributed by atoms with E-state index in [2.05, 4.69) is 13.0 Å². The third kappa shape index (κ3) is 2.70. The minimum Gasteiger partial charge on any atom is -0.387 e. The van der Waals surface area contributed by atoms with E-state index in [0.717, 1.165) is 31.2 Å². The fraction of sp³-hybridized carbons (Fsp3) is 0.600. The predicted octanol–water partition coefficient (Wildman–Crippen LogP) is 2.98.